The van der Waals surface area contributed by atoms with E-state index in [1.54, 1.807) is 7.11 Å². The first-order valence-corrected chi connectivity index (χ1v) is 20.9. The quantitative estimate of drug-likeness (QED) is 0.387. The maximum Gasteiger partial charge on any atom is 0.172 e. The zero-order valence-electron chi connectivity index (χ0n) is 32.3. The number of Topliss-reactive ketones (excluding diaryl/α,β-unsaturated/α-hetero) is 1. The van der Waals surface area contributed by atoms with Crippen molar-refractivity contribution in [2.75, 3.05) is 13.7 Å². The van der Waals surface area contributed by atoms with Gasteiger partial charge in [-0.05, 0) is 80.8 Å². The van der Waals surface area contributed by atoms with E-state index in [2.05, 4.69) is 33.9 Å². The number of fused-ring (bicyclic) bond motifs is 6. The normalized spacial score (nSPS) is 53.0. The molecule has 10 aliphatic rings. The van der Waals surface area contributed by atoms with Gasteiger partial charge in [-0.2, -0.15) is 0 Å². The molecule has 19 atom stereocenters. The second kappa shape index (κ2) is 14.3. The number of nitrogens with two attached hydrogens (primary N) is 1. The summed E-state index contributed by atoms with van der Waals surface area (Å²) in [6, 6.07) is 0. The number of carbonyl (C=O) groups is 1. The number of methoxy groups -OCH3 is 1. The monoisotopic (exact) mass is 741 g/mol. The van der Waals surface area contributed by atoms with Crippen LogP contribution in [-0.4, -0.2) is 116 Å². The molecule has 10 heterocycles. The lowest BCUT2D eigenvalue weighted by molar-refractivity contribution is -0.294. The zero-order chi connectivity index (χ0) is 36.8. The second-order valence-corrected chi connectivity index (χ2v) is 18.5. The maximum atomic E-state index is 14.1. The van der Waals surface area contributed by atoms with Crippen molar-refractivity contribution in [3.8, 4) is 0 Å². The number of carbonyl (C=O) groups excluding carboxylic acids is 1. The Morgan fingerprint density at radius 1 is 0.811 bits per heavy atom. The average molecular weight is 742 g/mol. The molecule has 10 fully saturated rings. The third-order valence-electron chi connectivity index (χ3n) is 14.9. The zero-order valence-corrected chi connectivity index (χ0v) is 32.3. The molecule has 296 valence electrons. The topological polar surface area (TPSA) is 126 Å². The van der Waals surface area contributed by atoms with Gasteiger partial charge < -0.3 is 48.4 Å². The summed E-state index contributed by atoms with van der Waals surface area (Å²) in [5.74, 6) is -0.0722. The number of ether oxygens (including phenoxy) is 9. The molecule has 0 radical (unpaired) electrons. The predicted molar refractivity (Wildman–Crippen MR) is 194 cm³/mol. The summed E-state index contributed by atoms with van der Waals surface area (Å²) >= 11 is 0. The van der Waals surface area contributed by atoms with Crippen molar-refractivity contribution in [3.63, 3.8) is 0 Å². The molecule has 10 rings (SSSR count). The Kier molecular flexibility index (Phi) is 10.1. The first-order valence-electron chi connectivity index (χ1n) is 20.9. The molecule has 53 heavy (non-hydrogen) atoms. The molecule has 0 aromatic rings. The third kappa shape index (κ3) is 6.74. The number of hydrogen-bond donors (Lipinski definition) is 1. The van der Waals surface area contributed by atoms with E-state index in [-0.39, 0.29) is 103 Å². The van der Waals surface area contributed by atoms with Crippen LogP contribution in [0.15, 0.2) is 24.3 Å². The lowest BCUT2D eigenvalue weighted by Crippen LogP contribution is -2.61. The van der Waals surface area contributed by atoms with Gasteiger partial charge in [0.2, 0.25) is 0 Å². The molecule has 0 unspecified atom stereocenters. The van der Waals surface area contributed by atoms with Crippen LogP contribution in [0.5, 0.6) is 0 Å². The van der Waals surface area contributed by atoms with Crippen molar-refractivity contribution in [3.05, 3.63) is 24.3 Å². The van der Waals surface area contributed by atoms with Gasteiger partial charge >= 0.3 is 0 Å². The van der Waals surface area contributed by atoms with Crippen LogP contribution in [0.4, 0.5) is 0 Å². The van der Waals surface area contributed by atoms with Crippen LogP contribution in [0.1, 0.15) is 104 Å². The highest BCUT2D eigenvalue weighted by atomic mass is 16.8. The Bertz CT molecular complexity index is 1420. The molecule has 11 nitrogen and oxygen atoms in total. The molecule has 0 amide bonds. The molecule has 0 saturated carbocycles. The van der Waals surface area contributed by atoms with Crippen molar-refractivity contribution < 1.29 is 47.4 Å². The molecule has 1 spiro atoms. The Balaban J connectivity index is 0.992. The van der Waals surface area contributed by atoms with Crippen molar-refractivity contribution in [1.82, 2.24) is 0 Å². The van der Waals surface area contributed by atoms with Gasteiger partial charge in [0, 0.05) is 52.2 Å². The van der Waals surface area contributed by atoms with Crippen LogP contribution < -0.4 is 5.73 Å². The lowest BCUT2D eigenvalue weighted by atomic mass is 9.78. The Labute approximate surface area is 315 Å². The van der Waals surface area contributed by atoms with Crippen LogP contribution in [0.25, 0.3) is 0 Å². The Morgan fingerprint density at radius 2 is 1.58 bits per heavy atom. The summed E-state index contributed by atoms with van der Waals surface area (Å²) in [7, 11) is 1.70. The third-order valence-corrected chi connectivity index (χ3v) is 14.9. The second-order valence-electron chi connectivity index (χ2n) is 18.5. The highest BCUT2D eigenvalue weighted by molar-refractivity contribution is 5.79. The maximum absolute atomic E-state index is 14.1. The van der Waals surface area contributed by atoms with Gasteiger partial charge in [0.25, 0.3) is 0 Å². The standard InChI is InChI=1S/C42H63NO10/c1-21-13-26-7-9-31-22(2)14-28(46-31)11-12-42-20-41(5)40(53-42)39-38(51-41)37(52-42)36-32(50-39)10-8-27(48-36)15-25(44)16-30-24(4)33(17-29(19-43)45-6)49-35(30)18-34(47-26)23(21)3/h21,24,26-40H,2-3,7-20,43H2,1,4-6H3/t21-,24-,26+,27-,28+,29+,30-,31+,32+,33-,34-,35+,36+,37+,38+,39-,40-,41-,42-/m1/s1. The summed E-state index contributed by atoms with van der Waals surface area (Å²) in [6.07, 6.45) is 7.53. The molecule has 11 heteroatoms. The van der Waals surface area contributed by atoms with E-state index in [1.807, 2.05) is 0 Å². The van der Waals surface area contributed by atoms with E-state index >= 15 is 0 Å². The number of ketones is 1. The van der Waals surface area contributed by atoms with E-state index in [1.165, 1.54) is 0 Å². The summed E-state index contributed by atoms with van der Waals surface area (Å²) in [5, 5.41) is 0. The molecule has 10 aliphatic heterocycles. The lowest BCUT2D eigenvalue weighted by Gasteiger charge is -2.47. The smallest absolute Gasteiger partial charge is 0.172 e. The molecular weight excluding hydrogens is 678 g/mol. The Hall–Kier alpha value is -1.25. The van der Waals surface area contributed by atoms with Crippen molar-refractivity contribution in [1.29, 1.82) is 0 Å². The van der Waals surface area contributed by atoms with Crippen molar-refractivity contribution >= 4 is 5.78 Å². The SMILES string of the molecule is C=C1C[C@@H]2CC[C@@]34C[C@@]5(C)O[C@H]6[C@@H](O3)[C@H]3O[C@H](CC[C@@H]3O[C@H]6[C@H]5O4)CC(=O)C[C@@H]3[C@@H](C)[C@@H](C[C@@H](CN)OC)O[C@H]3C[C@H]3O[C@@H](CC[C@@H]1O2)C[C@@H](C)C3=C. The largest absolute Gasteiger partial charge is 0.380 e. The Morgan fingerprint density at radius 3 is 2.40 bits per heavy atom. The van der Waals surface area contributed by atoms with Gasteiger partial charge in [0.1, 0.15) is 41.9 Å². The fourth-order valence-electron chi connectivity index (χ4n) is 11.9. The molecule has 12 bridgehead atoms. The van der Waals surface area contributed by atoms with E-state index in [4.69, 9.17) is 48.4 Å². The van der Waals surface area contributed by atoms with Gasteiger partial charge in [-0.15, -0.1) is 0 Å². The minimum atomic E-state index is -0.795. The van der Waals surface area contributed by atoms with E-state index in [9.17, 15) is 4.79 Å². The van der Waals surface area contributed by atoms with Crippen molar-refractivity contribution in [2.24, 2.45) is 23.5 Å². The first kappa shape index (κ1) is 37.3. The van der Waals surface area contributed by atoms with E-state index < -0.39 is 11.4 Å². The van der Waals surface area contributed by atoms with Gasteiger partial charge in [0.05, 0.1) is 54.9 Å². The minimum absolute atomic E-state index is 0.00573. The summed E-state index contributed by atoms with van der Waals surface area (Å²) in [6.45, 7) is 16.0. The van der Waals surface area contributed by atoms with Gasteiger partial charge in [0.15, 0.2) is 5.79 Å². The summed E-state index contributed by atoms with van der Waals surface area (Å²) < 4.78 is 60.5. The van der Waals surface area contributed by atoms with Gasteiger partial charge in [-0.1, -0.05) is 27.0 Å². The van der Waals surface area contributed by atoms with Crippen LogP contribution in [0, 0.1) is 17.8 Å². The van der Waals surface area contributed by atoms with E-state index in [0.717, 1.165) is 56.1 Å². The van der Waals surface area contributed by atoms with Crippen molar-refractivity contribution in [2.45, 2.75) is 201 Å². The average Bonchev–Trinajstić information content (AvgIpc) is 3.75. The minimum Gasteiger partial charge on any atom is -0.380 e. The van der Waals surface area contributed by atoms with Crippen LogP contribution in [0.3, 0.4) is 0 Å². The van der Waals surface area contributed by atoms with E-state index in [0.29, 0.717) is 51.0 Å². The predicted octanol–water partition coefficient (Wildman–Crippen LogP) is 5.10. The highest BCUT2D eigenvalue weighted by Crippen LogP contribution is 2.58. The van der Waals surface area contributed by atoms with Gasteiger partial charge in [-0.3, -0.25) is 4.79 Å². The molecule has 0 aromatic carbocycles. The summed E-state index contributed by atoms with van der Waals surface area (Å²) in [5.41, 5.74) is 7.85. The van der Waals surface area contributed by atoms with Crippen LogP contribution in [0.2, 0.25) is 0 Å². The molecular formula is C42H63NO10. The fraction of sp³-hybridized carbons (Fsp3) is 0.881. The van der Waals surface area contributed by atoms with Crippen LogP contribution >= 0.6 is 0 Å². The number of hydrogen-bond acceptors (Lipinski definition) is 11. The summed E-state index contributed by atoms with van der Waals surface area (Å²) in [4.78, 5) is 14.1. The van der Waals surface area contributed by atoms with Gasteiger partial charge in [-0.25, -0.2) is 0 Å². The fourth-order valence-corrected chi connectivity index (χ4v) is 11.9. The molecule has 0 aromatic heterocycles. The molecule has 10 saturated heterocycles. The van der Waals surface area contributed by atoms with Crippen LogP contribution in [-0.2, 0) is 47.4 Å². The first-order chi connectivity index (χ1) is 25.4. The molecule has 2 N–H and O–H groups in total. The number of rotatable bonds is 4. The molecule has 0 aliphatic carbocycles. The highest BCUT2D eigenvalue weighted by Gasteiger charge is 2.73.